The normalized spacial score (nSPS) is 21.3. The van der Waals surface area contributed by atoms with Crippen LogP contribution in [0.4, 0.5) is 0 Å². The number of hydrogen-bond acceptors (Lipinski definition) is 12. The van der Waals surface area contributed by atoms with Gasteiger partial charge in [0.25, 0.3) is 0 Å². The second-order valence-corrected chi connectivity index (χ2v) is 13.6. The van der Waals surface area contributed by atoms with Crippen LogP contribution in [0.2, 0.25) is 0 Å². The zero-order valence-corrected chi connectivity index (χ0v) is 27.4. The van der Waals surface area contributed by atoms with Gasteiger partial charge in [0.2, 0.25) is 0 Å². The predicted octanol–water partition coefficient (Wildman–Crippen LogP) is 4.02. The molecule has 12 nitrogen and oxygen atoms in total. The van der Waals surface area contributed by atoms with Gasteiger partial charge in [-0.25, -0.2) is 19.2 Å². The summed E-state index contributed by atoms with van der Waals surface area (Å²) < 4.78 is 44.2. The molecule has 0 spiro atoms. The quantitative estimate of drug-likeness (QED) is 0.189. The number of benzene rings is 1. The molecule has 12 heteroatoms. The third-order valence-corrected chi connectivity index (χ3v) is 10.3. The lowest BCUT2D eigenvalue weighted by Gasteiger charge is -2.40. The standard InChI is InChI=1S/C34H46O12/c1-5-31(11-39-12-31)19-43-27(35)23-9-25(29(37)45-21-33(7-3)15-41-16-33)26(30(38)46-22-34(8-4)17-42-18-34)10-24(23)28(36)44-20-32(6-2)13-40-14-32/h9-10H,5-8,11-22H2,1-4H3. The monoisotopic (exact) mass is 646 g/mol. The molecular weight excluding hydrogens is 600 g/mol. The molecule has 0 radical (unpaired) electrons. The second kappa shape index (κ2) is 14.0. The number of carbonyl (C=O) groups is 4. The molecule has 4 aliphatic heterocycles. The summed E-state index contributed by atoms with van der Waals surface area (Å²) in [5, 5.41) is 0. The van der Waals surface area contributed by atoms with E-state index in [0.29, 0.717) is 52.9 Å². The van der Waals surface area contributed by atoms with Crippen LogP contribution in [-0.4, -0.2) is 103 Å². The Morgan fingerprint density at radius 1 is 0.457 bits per heavy atom. The van der Waals surface area contributed by atoms with Crippen molar-refractivity contribution in [2.75, 3.05) is 79.3 Å². The van der Waals surface area contributed by atoms with Crippen molar-refractivity contribution in [1.82, 2.24) is 0 Å². The first-order valence-corrected chi connectivity index (χ1v) is 16.2. The largest absolute Gasteiger partial charge is 0.461 e. The molecule has 0 atom stereocenters. The fourth-order valence-electron chi connectivity index (χ4n) is 5.58. The van der Waals surface area contributed by atoms with Crippen LogP contribution in [0.1, 0.15) is 94.8 Å². The average Bonchev–Trinajstić information content (AvgIpc) is 2.98. The van der Waals surface area contributed by atoms with E-state index in [1.807, 2.05) is 27.7 Å². The van der Waals surface area contributed by atoms with Crippen LogP contribution >= 0.6 is 0 Å². The molecule has 1 aromatic carbocycles. The van der Waals surface area contributed by atoms with Gasteiger partial charge in [-0.05, 0) is 37.8 Å². The molecule has 5 rings (SSSR count). The van der Waals surface area contributed by atoms with E-state index >= 15 is 0 Å². The first kappa shape index (κ1) is 34.3. The van der Waals surface area contributed by atoms with Crippen molar-refractivity contribution in [3.05, 3.63) is 34.4 Å². The van der Waals surface area contributed by atoms with Gasteiger partial charge in [-0.3, -0.25) is 0 Å². The minimum atomic E-state index is -0.827. The zero-order valence-electron chi connectivity index (χ0n) is 27.4. The number of carbonyl (C=O) groups excluding carboxylic acids is 4. The van der Waals surface area contributed by atoms with Crippen LogP contribution in [0, 0.1) is 21.7 Å². The van der Waals surface area contributed by atoms with Crippen molar-refractivity contribution in [2.24, 2.45) is 21.7 Å². The highest BCUT2D eigenvalue weighted by molar-refractivity contribution is 6.10. The van der Waals surface area contributed by atoms with Gasteiger partial charge in [-0.1, -0.05) is 27.7 Å². The SMILES string of the molecule is CCC1(COC(=O)c2cc(C(=O)OCC3(CC)COC3)c(C(=O)OCC3(CC)COC3)cc2C(=O)OCC2(CC)COC2)COC1. The Hall–Kier alpha value is -3.06. The Morgan fingerprint density at radius 3 is 0.783 bits per heavy atom. The predicted molar refractivity (Wildman–Crippen MR) is 162 cm³/mol. The van der Waals surface area contributed by atoms with E-state index in [4.69, 9.17) is 37.9 Å². The van der Waals surface area contributed by atoms with Gasteiger partial charge in [0, 0.05) is 0 Å². The van der Waals surface area contributed by atoms with Crippen molar-refractivity contribution in [1.29, 1.82) is 0 Å². The van der Waals surface area contributed by atoms with E-state index < -0.39 is 23.9 Å². The average molecular weight is 647 g/mol. The minimum absolute atomic E-state index is 0.0663. The van der Waals surface area contributed by atoms with E-state index in [-0.39, 0.29) is 70.3 Å². The summed E-state index contributed by atoms with van der Waals surface area (Å²) in [4.78, 5) is 54.5. The maximum atomic E-state index is 13.6. The van der Waals surface area contributed by atoms with Gasteiger partial charge in [0.05, 0.1) is 96.8 Å². The van der Waals surface area contributed by atoms with Crippen LogP contribution in [0.25, 0.3) is 0 Å². The van der Waals surface area contributed by atoms with E-state index in [0.717, 1.165) is 25.7 Å². The van der Waals surface area contributed by atoms with Crippen LogP contribution in [-0.2, 0) is 37.9 Å². The first-order valence-electron chi connectivity index (χ1n) is 16.2. The molecule has 46 heavy (non-hydrogen) atoms. The highest BCUT2D eigenvalue weighted by atomic mass is 16.6. The molecule has 0 unspecified atom stereocenters. The fourth-order valence-corrected chi connectivity index (χ4v) is 5.58. The van der Waals surface area contributed by atoms with E-state index in [2.05, 4.69) is 0 Å². The second-order valence-electron chi connectivity index (χ2n) is 13.6. The van der Waals surface area contributed by atoms with Gasteiger partial charge in [0.15, 0.2) is 0 Å². The Bertz CT molecular complexity index is 1090. The van der Waals surface area contributed by atoms with Crippen LogP contribution in [0.15, 0.2) is 12.1 Å². The molecule has 0 bridgehead atoms. The van der Waals surface area contributed by atoms with E-state index in [1.165, 1.54) is 12.1 Å². The summed E-state index contributed by atoms with van der Waals surface area (Å²) in [6.45, 7) is 11.8. The van der Waals surface area contributed by atoms with Crippen molar-refractivity contribution >= 4 is 23.9 Å². The summed E-state index contributed by atoms with van der Waals surface area (Å²) in [6.07, 6.45) is 2.91. The Morgan fingerprint density at radius 2 is 0.652 bits per heavy atom. The molecule has 4 aliphatic rings. The zero-order chi connectivity index (χ0) is 33.0. The molecule has 254 valence electrons. The van der Waals surface area contributed by atoms with E-state index in [1.54, 1.807) is 0 Å². The molecule has 0 aromatic heterocycles. The summed E-state index contributed by atoms with van der Waals surface area (Å²) in [5.41, 5.74) is -2.10. The van der Waals surface area contributed by atoms with Gasteiger partial charge in [0.1, 0.15) is 26.4 Å². The number of hydrogen-bond donors (Lipinski definition) is 0. The van der Waals surface area contributed by atoms with Gasteiger partial charge in [-0.2, -0.15) is 0 Å². The lowest BCUT2D eigenvalue weighted by Crippen LogP contribution is -2.46. The highest BCUT2D eigenvalue weighted by Crippen LogP contribution is 2.36. The maximum absolute atomic E-state index is 13.6. The molecule has 1 aromatic rings. The molecule has 0 amide bonds. The van der Waals surface area contributed by atoms with E-state index in [9.17, 15) is 19.2 Å². The van der Waals surface area contributed by atoms with Crippen LogP contribution in [0.3, 0.4) is 0 Å². The summed E-state index contributed by atoms with van der Waals surface area (Å²) in [6, 6.07) is 2.38. The Balaban J connectivity index is 1.47. The summed E-state index contributed by atoms with van der Waals surface area (Å²) >= 11 is 0. The first-order chi connectivity index (χ1) is 22.1. The molecular formula is C34H46O12. The number of ether oxygens (including phenoxy) is 8. The molecule has 0 N–H and O–H groups in total. The smallest absolute Gasteiger partial charge is 0.339 e. The lowest BCUT2D eigenvalue weighted by atomic mass is 9.84. The molecule has 0 saturated carbocycles. The number of rotatable bonds is 16. The third kappa shape index (κ3) is 6.95. The van der Waals surface area contributed by atoms with Gasteiger partial charge < -0.3 is 37.9 Å². The molecule has 4 saturated heterocycles. The van der Waals surface area contributed by atoms with Crippen molar-refractivity contribution in [2.45, 2.75) is 53.4 Å². The van der Waals surface area contributed by atoms with Gasteiger partial charge in [-0.15, -0.1) is 0 Å². The van der Waals surface area contributed by atoms with Gasteiger partial charge >= 0.3 is 23.9 Å². The molecule has 4 fully saturated rings. The topological polar surface area (TPSA) is 142 Å². The highest BCUT2D eigenvalue weighted by Gasteiger charge is 2.42. The van der Waals surface area contributed by atoms with Crippen molar-refractivity contribution < 1.29 is 57.1 Å². The minimum Gasteiger partial charge on any atom is -0.461 e. The van der Waals surface area contributed by atoms with Crippen molar-refractivity contribution in [3.8, 4) is 0 Å². The third-order valence-electron chi connectivity index (χ3n) is 10.3. The summed E-state index contributed by atoms with van der Waals surface area (Å²) in [7, 11) is 0. The lowest BCUT2D eigenvalue weighted by molar-refractivity contribution is -0.140. The van der Waals surface area contributed by atoms with Crippen LogP contribution in [0.5, 0.6) is 0 Å². The molecule has 0 aliphatic carbocycles. The molecule has 4 heterocycles. The Labute approximate surface area is 269 Å². The maximum Gasteiger partial charge on any atom is 0.339 e. The number of esters is 4. The summed E-state index contributed by atoms with van der Waals surface area (Å²) in [5.74, 6) is -3.31. The van der Waals surface area contributed by atoms with Crippen molar-refractivity contribution in [3.63, 3.8) is 0 Å². The van der Waals surface area contributed by atoms with Crippen LogP contribution < -0.4 is 0 Å². The Kier molecular flexibility index (Phi) is 10.4. The fraction of sp³-hybridized carbons (Fsp3) is 0.706.